The van der Waals surface area contributed by atoms with E-state index >= 15 is 0 Å². The predicted octanol–water partition coefficient (Wildman–Crippen LogP) is 3.69. The third kappa shape index (κ3) is 3.53. The lowest BCUT2D eigenvalue weighted by molar-refractivity contribution is -0.140. The standard InChI is InChI=1S/C16H17F3N4S/c1-2-20-15(23-8-7-11-5-3-4-6-12(11)23)21-9-14-22-13(10-24-14)16(17,18)19/h3-6,10H,2,7-9H2,1H3,(H,20,21). The van der Waals surface area contributed by atoms with Crippen molar-refractivity contribution in [1.82, 2.24) is 10.3 Å². The van der Waals surface area contributed by atoms with Crippen molar-refractivity contribution >= 4 is 23.0 Å². The monoisotopic (exact) mass is 354 g/mol. The van der Waals surface area contributed by atoms with Gasteiger partial charge in [0.15, 0.2) is 11.7 Å². The van der Waals surface area contributed by atoms with Gasteiger partial charge in [-0.1, -0.05) is 18.2 Å². The van der Waals surface area contributed by atoms with Crippen molar-refractivity contribution in [2.45, 2.75) is 26.1 Å². The molecule has 0 aliphatic carbocycles. The Hall–Kier alpha value is -2.09. The Morgan fingerprint density at radius 3 is 2.88 bits per heavy atom. The van der Waals surface area contributed by atoms with E-state index in [0.29, 0.717) is 17.5 Å². The summed E-state index contributed by atoms with van der Waals surface area (Å²) >= 11 is 0.980. The molecule has 2 heterocycles. The van der Waals surface area contributed by atoms with Crippen LogP contribution >= 0.6 is 11.3 Å². The van der Waals surface area contributed by atoms with E-state index in [0.717, 1.165) is 35.4 Å². The maximum absolute atomic E-state index is 12.6. The van der Waals surface area contributed by atoms with E-state index in [4.69, 9.17) is 0 Å². The second-order valence-electron chi connectivity index (χ2n) is 5.32. The first-order valence-corrected chi connectivity index (χ1v) is 8.52. The Labute approximate surface area is 142 Å². The summed E-state index contributed by atoms with van der Waals surface area (Å²) in [5, 5.41) is 4.59. The van der Waals surface area contributed by atoms with Crippen molar-refractivity contribution in [1.29, 1.82) is 0 Å². The minimum Gasteiger partial charge on any atom is -0.356 e. The average Bonchev–Trinajstić information content (AvgIpc) is 3.18. The SMILES string of the molecule is CCNC(=NCc1nc(C(F)(F)F)cs1)N1CCc2ccccc21. The van der Waals surface area contributed by atoms with Gasteiger partial charge in [0.25, 0.3) is 0 Å². The largest absolute Gasteiger partial charge is 0.434 e. The van der Waals surface area contributed by atoms with Gasteiger partial charge in [0.2, 0.25) is 0 Å². The summed E-state index contributed by atoms with van der Waals surface area (Å²) in [5.41, 5.74) is 1.48. The summed E-state index contributed by atoms with van der Waals surface area (Å²) in [4.78, 5) is 10.2. The Balaban J connectivity index is 1.79. The highest BCUT2D eigenvalue weighted by atomic mass is 32.1. The number of halogens is 3. The molecular formula is C16H17F3N4S. The van der Waals surface area contributed by atoms with Crippen LogP contribution in [0.5, 0.6) is 0 Å². The molecule has 8 heteroatoms. The highest BCUT2D eigenvalue weighted by molar-refractivity contribution is 7.09. The van der Waals surface area contributed by atoms with Gasteiger partial charge < -0.3 is 10.2 Å². The summed E-state index contributed by atoms with van der Waals surface area (Å²) in [6, 6.07) is 8.08. The molecule has 0 unspecified atom stereocenters. The zero-order valence-corrected chi connectivity index (χ0v) is 13.9. The number of nitrogens with zero attached hydrogens (tertiary/aromatic N) is 3. The third-order valence-electron chi connectivity index (χ3n) is 3.68. The Kier molecular flexibility index (Phi) is 4.75. The fraction of sp³-hybridized carbons (Fsp3) is 0.375. The average molecular weight is 354 g/mol. The minimum absolute atomic E-state index is 0.127. The van der Waals surface area contributed by atoms with Crippen LogP contribution in [0.2, 0.25) is 0 Å². The van der Waals surface area contributed by atoms with Crippen molar-refractivity contribution in [2.75, 3.05) is 18.0 Å². The molecule has 1 aromatic carbocycles. The van der Waals surface area contributed by atoms with Crippen molar-refractivity contribution in [3.8, 4) is 0 Å². The predicted molar refractivity (Wildman–Crippen MR) is 89.4 cm³/mol. The molecule has 1 aliphatic rings. The van der Waals surface area contributed by atoms with Crippen LogP contribution in [0.15, 0.2) is 34.6 Å². The van der Waals surface area contributed by atoms with Crippen molar-refractivity contribution in [2.24, 2.45) is 4.99 Å². The number of alkyl halides is 3. The Morgan fingerprint density at radius 1 is 1.38 bits per heavy atom. The molecule has 0 spiro atoms. The molecule has 0 atom stereocenters. The summed E-state index contributed by atoms with van der Waals surface area (Å²) in [6.07, 6.45) is -3.48. The fourth-order valence-corrected chi connectivity index (χ4v) is 3.33. The van der Waals surface area contributed by atoms with Gasteiger partial charge in [-0.2, -0.15) is 13.2 Å². The maximum atomic E-state index is 12.6. The van der Waals surface area contributed by atoms with E-state index in [9.17, 15) is 13.2 Å². The number of thiazole rings is 1. The van der Waals surface area contributed by atoms with Crippen molar-refractivity contribution in [3.05, 3.63) is 45.9 Å². The highest BCUT2D eigenvalue weighted by Crippen LogP contribution is 2.30. The quantitative estimate of drug-likeness (QED) is 0.675. The Morgan fingerprint density at radius 2 is 2.17 bits per heavy atom. The number of anilines is 1. The molecule has 2 aromatic rings. The number of aliphatic imine (C=N–C) groups is 1. The number of benzene rings is 1. The van der Waals surface area contributed by atoms with Gasteiger partial charge in [0.05, 0.1) is 6.54 Å². The molecule has 0 bridgehead atoms. The first-order chi connectivity index (χ1) is 11.5. The van der Waals surface area contributed by atoms with Gasteiger partial charge in [0, 0.05) is 24.2 Å². The molecule has 3 rings (SSSR count). The van der Waals surface area contributed by atoms with Crippen LogP contribution in [0, 0.1) is 0 Å². The number of nitrogens with one attached hydrogen (secondary N) is 1. The van der Waals surface area contributed by atoms with Gasteiger partial charge in [-0.25, -0.2) is 9.98 Å². The molecule has 0 fully saturated rings. The van der Waals surface area contributed by atoms with E-state index in [1.54, 1.807) is 0 Å². The molecular weight excluding hydrogens is 337 g/mol. The van der Waals surface area contributed by atoms with E-state index in [-0.39, 0.29) is 6.54 Å². The molecule has 24 heavy (non-hydrogen) atoms. The molecule has 0 radical (unpaired) electrons. The number of hydrogen-bond acceptors (Lipinski definition) is 3. The summed E-state index contributed by atoms with van der Waals surface area (Å²) in [7, 11) is 0. The second-order valence-corrected chi connectivity index (χ2v) is 6.27. The van der Waals surface area contributed by atoms with E-state index in [2.05, 4.69) is 26.3 Å². The van der Waals surface area contributed by atoms with Gasteiger partial charge in [-0.3, -0.25) is 0 Å². The molecule has 1 N–H and O–H groups in total. The molecule has 4 nitrogen and oxygen atoms in total. The lowest BCUT2D eigenvalue weighted by Crippen LogP contribution is -2.40. The van der Waals surface area contributed by atoms with Crippen LogP contribution in [-0.4, -0.2) is 24.0 Å². The fourth-order valence-electron chi connectivity index (χ4n) is 2.61. The highest BCUT2D eigenvalue weighted by Gasteiger charge is 2.33. The van der Waals surface area contributed by atoms with Crippen LogP contribution in [0.3, 0.4) is 0 Å². The number of rotatable bonds is 3. The van der Waals surface area contributed by atoms with Crippen LogP contribution in [-0.2, 0) is 19.1 Å². The molecule has 1 aromatic heterocycles. The van der Waals surface area contributed by atoms with E-state index in [1.807, 2.05) is 25.1 Å². The second kappa shape index (κ2) is 6.80. The Bertz CT molecular complexity index is 739. The zero-order valence-electron chi connectivity index (χ0n) is 13.1. The van der Waals surface area contributed by atoms with Gasteiger partial charge in [-0.15, -0.1) is 11.3 Å². The summed E-state index contributed by atoms with van der Waals surface area (Å²) < 4.78 is 37.9. The normalized spacial score (nSPS) is 14.8. The number of para-hydroxylation sites is 1. The number of aromatic nitrogens is 1. The van der Waals surface area contributed by atoms with E-state index < -0.39 is 11.9 Å². The van der Waals surface area contributed by atoms with Gasteiger partial charge in [-0.05, 0) is 25.0 Å². The summed E-state index contributed by atoms with van der Waals surface area (Å²) in [5.74, 6) is 0.672. The molecule has 0 amide bonds. The van der Waals surface area contributed by atoms with Crippen LogP contribution in [0.1, 0.15) is 23.2 Å². The van der Waals surface area contributed by atoms with E-state index in [1.165, 1.54) is 5.56 Å². The first-order valence-electron chi connectivity index (χ1n) is 7.64. The zero-order chi connectivity index (χ0) is 17.2. The molecule has 0 saturated heterocycles. The van der Waals surface area contributed by atoms with Gasteiger partial charge >= 0.3 is 6.18 Å². The summed E-state index contributed by atoms with van der Waals surface area (Å²) in [6.45, 7) is 3.57. The third-order valence-corrected chi connectivity index (χ3v) is 4.52. The number of fused-ring (bicyclic) bond motifs is 1. The molecule has 0 saturated carbocycles. The number of hydrogen-bond donors (Lipinski definition) is 1. The minimum atomic E-state index is -4.41. The van der Waals surface area contributed by atoms with Gasteiger partial charge in [0.1, 0.15) is 5.01 Å². The lowest BCUT2D eigenvalue weighted by atomic mass is 10.2. The molecule has 128 valence electrons. The topological polar surface area (TPSA) is 40.5 Å². The first kappa shape index (κ1) is 16.8. The van der Waals surface area contributed by atoms with Crippen LogP contribution in [0.25, 0.3) is 0 Å². The smallest absolute Gasteiger partial charge is 0.356 e. The maximum Gasteiger partial charge on any atom is 0.434 e. The molecule has 1 aliphatic heterocycles. The van der Waals surface area contributed by atoms with Crippen LogP contribution in [0.4, 0.5) is 18.9 Å². The van der Waals surface area contributed by atoms with Crippen molar-refractivity contribution in [3.63, 3.8) is 0 Å². The lowest BCUT2D eigenvalue weighted by Gasteiger charge is -2.22. The number of guanidine groups is 1. The van der Waals surface area contributed by atoms with Crippen molar-refractivity contribution < 1.29 is 13.2 Å². The van der Waals surface area contributed by atoms with Crippen LogP contribution < -0.4 is 10.2 Å².